The Morgan fingerprint density at radius 2 is 2.09 bits per heavy atom. The van der Waals surface area contributed by atoms with Gasteiger partial charge >= 0.3 is 6.03 Å². The number of carbonyl (C=O) groups is 2. The molecule has 0 radical (unpaired) electrons. The number of rotatable bonds is 5. The summed E-state index contributed by atoms with van der Waals surface area (Å²) in [4.78, 5) is 30.5. The van der Waals surface area contributed by atoms with E-state index in [0.717, 1.165) is 5.75 Å². The van der Waals surface area contributed by atoms with E-state index in [1.165, 1.54) is 37.0 Å². The van der Waals surface area contributed by atoms with Crippen LogP contribution in [-0.2, 0) is 10.3 Å². The Balaban J connectivity index is 1.60. The zero-order valence-electron chi connectivity index (χ0n) is 13.5. The molecular formula is C17H23N3O2S. The molecule has 1 aliphatic carbocycles. The Morgan fingerprint density at radius 3 is 2.78 bits per heavy atom. The zero-order chi connectivity index (χ0) is 16.3. The summed E-state index contributed by atoms with van der Waals surface area (Å²) in [6.07, 6.45) is 8.11. The lowest BCUT2D eigenvalue weighted by Crippen LogP contribution is -2.41. The lowest BCUT2D eigenvalue weighted by molar-refractivity contribution is -0.131. The number of carbonyl (C=O) groups excluding carboxylic acids is 2. The van der Waals surface area contributed by atoms with E-state index in [0.29, 0.717) is 17.5 Å². The first-order valence-electron chi connectivity index (χ1n) is 8.28. The second-order valence-corrected chi connectivity index (χ2v) is 7.77. The molecule has 2 aliphatic rings. The van der Waals surface area contributed by atoms with Gasteiger partial charge in [0.2, 0.25) is 0 Å². The molecule has 0 bridgehead atoms. The van der Waals surface area contributed by atoms with Gasteiger partial charge in [-0.1, -0.05) is 25.3 Å². The molecular weight excluding hydrogens is 310 g/mol. The molecule has 3 rings (SSSR count). The van der Waals surface area contributed by atoms with E-state index in [9.17, 15) is 9.59 Å². The Kier molecular flexibility index (Phi) is 4.90. The van der Waals surface area contributed by atoms with Gasteiger partial charge in [-0.25, -0.2) is 4.79 Å². The Hall–Kier alpha value is -1.56. The number of hydrogen-bond donors (Lipinski definition) is 1. The van der Waals surface area contributed by atoms with Gasteiger partial charge in [0.1, 0.15) is 0 Å². The fourth-order valence-electron chi connectivity index (χ4n) is 3.27. The standard InChI is InChI=1S/C17H23N3O2S/c1-17(14-9-5-6-10-18-14)15(21)20(16(22)19-17)11-12-23-13-7-3-2-4-8-13/h5-6,9-10,13H,2-4,7-8,11-12H2,1H3,(H,19,22)/t17-/m0/s1. The molecule has 2 fully saturated rings. The number of amides is 3. The van der Waals surface area contributed by atoms with E-state index in [-0.39, 0.29) is 11.9 Å². The van der Waals surface area contributed by atoms with Crippen LogP contribution in [0.25, 0.3) is 0 Å². The van der Waals surface area contributed by atoms with Crippen LogP contribution in [0.1, 0.15) is 44.7 Å². The third-order valence-corrected chi connectivity index (χ3v) is 6.03. The fraction of sp³-hybridized carbons (Fsp3) is 0.588. The quantitative estimate of drug-likeness (QED) is 0.842. The Labute approximate surface area is 141 Å². The zero-order valence-corrected chi connectivity index (χ0v) is 14.3. The van der Waals surface area contributed by atoms with Gasteiger partial charge in [-0.3, -0.25) is 14.7 Å². The van der Waals surface area contributed by atoms with E-state index in [1.807, 2.05) is 17.8 Å². The van der Waals surface area contributed by atoms with E-state index >= 15 is 0 Å². The first-order chi connectivity index (χ1) is 11.1. The van der Waals surface area contributed by atoms with Crippen molar-refractivity contribution >= 4 is 23.7 Å². The number of nitrogens with zero attached hydrogens (tertiary/aromatic N) is 2. The first-order valence-corrected chi connectivity index (χ1v) is 9.33. The Morgan fingerprint density at radius 1 is 1.30 bits per heavy atom. The lowest BCUT2D eigenvalue weighted by Gasteiger charge is -2.23. The number of nitrogens with one attached hydrogen (secondary N) is 1. The molecule has 5 nitrogen and oxygen atoms in total. The van der Waals surface area contributed by atoms with Crippen LogP contribution in [0.15, 0.2) is 24.4 Å². The van der Waals surface area contributed by atoms with E-state index in [2.05, 4.69) is 10.3 Å². The molecule has 0 aromatic carbocycles. The minimum Gasteiger partial charge on any atom is -0.318 e. The first kappa shape index (κ1) is 16.3. The minimum atomic E-state index is -1.05. The van der Waals surface area contributed by atoms with Gasteiger partial charge in [0.05, 0.1) is 5.69 Å². The summed E-state index contributed by atoms with van der Waals surface area (Å²) in [5, 5.41) is 3.49. The molecule has 1 aliphatic heterocycles. The summed E-state index contributed by atoms with van der Waals surface area (Å²) >= 11 is 1.89. The normalized spacial score (nSPS) is 25.7. The number of pyridine rings is 1. The summed E-state index contributed by atoms with van der Waals surface area (Å²) in [7, 11) is 0. The highest BCUT2D eigenvalue weighted by atomic mass is 32.2. The van der Waals surface area contributed by atoms with Crippen LogP contribution in [0.5, 0.6) is 0 Å². The summed E-state index contributed by atoms with van der Waals surface area (Å²) in [6.45, 7) is 2.19. The van der Waals surface area contributed by atoms with E-state index < -0.39 is 5.54 Å². The van der Waals surface area contributed by atoms with Gasteiger partial charge in [-0.05, 0) is 31.9 Å². The van der Waals surface area contributed by atoms with Crippen molar-refractivity contribution in [3.8, 4) is 0 Å². The topological polar surface area (TPSA) is 62.3 Å². The summed E-state index contributed by atoms with van der Waals surface area (Å²) in [5.74, 6) is 0.604. The van der Waals surface area contributed by atoms with Gasteiger partial charge in [0.15, 0.2) is 5.54 Å². The third-order valence-electron chi connectivity index (χ3n) is 4.67. The molecule has 23 heavy (non-hydrogen) atoms. The maximum atomic E-state index is 12.7. The number of aromatic nitrogens is 1. The molecule has 0 unspecified atom stereocenters. The van der Waals surface area contributed by atoms with Gasteiger partial charge in [-0.15, -0.1) is 0 Å². The van der Waals surface area contributed by atoms with Crippen LogP contribution in [0, 0.1) is 0 Å². The number of imide groups is 1. The largest absolute Gasteiger partial charge is 0.325 e. The summed E-state index contributed by atoms with van der Waals surface area (Å²) < 4.78 is 0. The van der Waals surface area contributed by atoms with Gasteiger partial charge in [-0.2, -0.15) is 11.8 Å². The molecule has 1 aromatic heterocycles. The average molecular weight is 333 g/mol. The van der Waals surface area contributed by atoms with Crippen molar-refractivity contribution in [1.29, 1.82) is 0 Å². The second-order valence-electron chi connectivity index (χ2n) is 6.36. The van der Waals surface area contributed by atoms with Crippen molar-refractivity contribution in [2.75, 3.05) is 12.3 Å². The molecule has 124 valence electrons. The van der Waals surface area contributed by atoms with Gasteiger partial charge in [0.25, 0.3) is 5.91 Å². The predicted octanol–water partition coefficient (Wildman–Crippen LogP) is 2.91. The number of urea groups is 1. The molecule has 2 heterocycles. The van der Waals surface area contributed by atoms with Crippen LogP contribution >= 0.6 is 11.8 Å². The molecule has 0 spiro atoms. The summed E-state index contributed by atoms with van der Waals surface area (Å²) in [6, 6.07) is 5.09. The fourth-order valence-corrected chi connectivity index (χ4v) is 4.56. The van der Waals surface area contributed by atoms with Crippen molar-refractivity contribution in [2.24, 2.45) is 0 Å². The number of hydrogen-bond acceptors (Lipinski definition) is 4. The Bertz CT molecular complexity index is 574. The summed E-state index contributed by atoms with van der Waals surface area (Å²) in [5.41, 5.74) is -0.464. The highest BCUT2D eigenvalue weighted by molar-refractivity contribution is 7.99. The second kappa shape index (κ2) is 6.91. The molecule has 3 amide bonds. The van der Waals surface area contributed by atoms with Crippen molar-refractivity contribution in [1.82, 2.24) is 15.2 Å². The van der Waals surface area contributed by atoms with Crippen molar-refractivity contribution < 1.29 is 9.59 Å². The SMILES string of the molecule is C[C@@]1(c2ccccn2)NC(=O)N(CCSC2CCCCC2)C1=O. The maximum absolute atomic E-state index is 12.7. The third kappa shape index (κ3) is 3.37. The van der Waals surface area contributed by atoms with Crippen LogP contribution in [0.2, 0.25) is 0 Å². The van der Waals surface area contributed by atoms with Crippen LogP contribution in [0.3, 0.4) is 0 Å². The molecule has 1 N–H and O–H groups in total. The van der Waals surface area contributed by atoms with E-state index in [1.54, 1.807) is 25.3 Å². The smallest absolute Gasteiger partial charge is 0.318 e. The van der Waals surface area contributed by atoms with E-state index in [4.69, 9.17) is 0 Å². The maximum Gasteiger partial charge on any atom is 0.325 e. The van der Waals surface area contributed by atoms with Crippen molar-refractivity contribution in [2.45, 2.75) is 49.8 Å². The highest BCUT2D eigenvalue weighted by Crippen LogP contribution is 2.30. The molecule has 1 atom stereocenters. The molecule has 6 heteroatoms. The molecule has 1 saturated heterocycles. The lowest BCUT2D eigenvalue weighted by atomic mass is 9.97. The number of thioether (sulfide) groups is 1. The molecule has 1 saturated carbocycles. The predicted molar refractivity (Wildman–Crippen MR) is 91.2 cm³/mol. The molecule has 1 aromatic rings. The van der Waals surface area contributed by atoms with Crippen LogP contribution in [-0.4, -0.2) is 39.4 Å². The minimum absolute atomic E-state index is 0.203. The highest BCUT2D eigenvalue weighted by Gasteiger charge is 2.49. The monoisotopic (exact) mass is 333 g/mol. The van der Waals surface area contributed by atoms with Crippen LogP contribution in [0.4, 0.5) is 4.79 Å². The van der Waals surface area contributed by atoms with Crippen molar-refractivity contribution in [3.63, 3.8) is 0 Å². The average Bonchev–Trinajstić information content (AvgIpc) is 2.81. The van der Waals surface area contributed by atoms with Gasteiger partial charge in [0, 0.05) is 23.7 Å². The van der Waals surface area contributed by atoms with Gasteiger partial charge < -0.3 is 5.32 Å². The van der Waals surface area contributed by atoms with Crippen LogP contribution < -0.4 is 5.32 Å². The van der Waals surface area contributed by atoms with Crippen molar-refractivity contribution in [3.05, 3.63) is 30.1 Å².